The number of nitrogens with two attached hydrogens (primary N) is 2. The molecule has 5 atom stereocenters. The van der Waals surface area contributed by atoms with Crippen LogP contribution in [-0.2, 0) is 28.8 Å². The summed E-state index contributed by atoms with van der Waals surface area (Å²) in [6.07, 6.45) is -1.32. The third-order valence-corrected chi connectivity index (χ3v) is 4.77. The molecule has 0 aromatic rings. The van der Waals surface area contributed by atoms with Gasteiger partial charge in [-0.05, 0) is 32.7 Å². The molecule has 5 amide bonds. The number of aliphatic hydroxyl groups excluding tert-OH is 1. The van der Waals surface area contributed by atoms with Gasteiger partial charge in [-0.3, -0.25) is 24.0 Å². The average molecular weight is 458 g/mol. The predicted octanol–water partition coefficient (Wildman–Crippen LogP) is -4.20. The van der Waals surface area contributed by atoms with Crippen molar-refractivity contribution in [2.24, 2.45) is 11.5 Å². The molecule has 1 saturated heterocycles. The van der Waals surface area contributed by atoms with Crippen molar-refractivity contribution >= 4 is 35.5 Å². The second-order valence-electron chi connectivity index (χ2n) is 7.51. The van der Waals surface area contributed by atoms with Crippen LogP contribution in [0.2, 0.25) is 0 Å². The van der Waals surface area contributed by atoms with Gasteiger partial charge in [0.1, 0.15) is 18.1 Å². The molecule has 1 aliphatic rings. The van der Waals surface area contributed by atoms with Crippen molar-refractivity contribution in [3.05, 3.63) is 0 Å². The van der Waals surface area contributed by atoms with Crippen LogP contribution in [0.25, 0.3) is 0 Å². The van der Waals surface area contributed by atoms with Crippen molar-refractivity contribution in [1.29, 1.82) is 0 Å². The number of carboxylic acid groups (broad SMARTS) is 1. The van der Waals surface area contributed by atoms with Gasteiger partial charge in [0.2, 0.25) is 29.5 Å². The van der Waals surface area contributed by atoms with Crippen molar-refractivity contribution in [3.63, 3.8) is 0 Å². The number of rotatable bonds is 13. The highest BCUT2D eigenvalue weighted by atomic mass is 16.4. The second kappa shape index (κ2) is 12.6. The molecule has 1 rings (SSSR count). The monoisotopic (exact) mass is 458 g/mol. The summed E-state index contributed by atoms with van der Waals surface area (Å²) in [6, 6.07) is -5.04. The topological polar surface area (TPSA) is 243 Å². The van der Waals surface area contributed by atoms with Gasteiger partial charge >= 0.3 is 5.97 Å². The summed E-state index contributed by atoms with van der Waals surface area (Å²) >= 11 is 0. The minimum atomic E-state index is -1.66. The average Bonchev–Trinajstić information content (AvgIpc) is 3.22. The number of aliphatic carboxylic acids is 1. The lowest BCUT2D eigenvalue weighted by Crippen LogP contribution is -2.59. The normalized spacial score (nSPS) is 19.1. The number of carbonyl (C=O) groups excluding carboxylic acids is 5. The van der Waals surface area contributed by atoms with Crippen molar-refractivity contribution in [2.45, 2.75) is 69.3 Å². The van der Waals surface area contributed by atoms with Crippen molar-refractivity contribution in [3.8, 4) is 0 Å². The van der Waals surface area contributed by atoms with Gasteiger partial charge in [0.15, 0.2) is 0 Å². The molecule has 14 heteroatoms. The van der Waals surface area contributed by atoms with Gasteiger partial charge in [-0.2, -0.15) is 0 Å². The number of carbonyl (C=O) groups is 6. The standard InChI is InChI=1S/C18H30N6O8/c1-8(25)14(24-15(28)9-3-2-6-21-9)17(30)22-10(4-5-12(19)26)16(29)23-11(18(31)32)7-13(20)27/h8-11,14,21,25H,2-7H2,1H3,(H2,19,26)(H2,20,27)(H,22,30)(H,23,29)(H,24,28)(H,31,32). The van der Waals surface area contributed by atoms with Crippen molar-refractivity contribution in [2.75, 3.05) is 6.54 Å². The molecule has 0 radical (unpaired) electrons. The molecule has 180 valence electrons. The SMILES string of the molecule is CC(O)C(NC(=O)C1CCCN1)C(=O)NC(CCC(N)=O)C(=O)NC(CC(N)=O)C(=O)O. The Bertz CT molecular complexity index is 737. The number of primary amides is 2. The molecular weight excluding hydrogens is 428 g/mol. The van der Waals surface area contributed by atoms with Crippen molar-refractivity contribution < 1.29 is 39.0 Å². The molecule has 1 fully saturated rings. The number of carboxylic acids is 1. The Labute approximate surface area is 183 Å². The van der Waals surface area contributed by atoms with Crippen LogP contribution in [-0.4, -0.2) is 82.5 Å². The van der Waals surface area contributed by atoms with Gasteiger partial charge in [-0.1, -0.05) is 0 Å². The van der Waals surface area contributed by atoms with Gasteiger partial charge in [0.25, 0.3) is 0 Å². The summed E-state index contributed by atoms with van der Waals surface area (Å²) in [5.74, 6) is -5.74. The molecule has 0 aromatic heterocycles. The fourth-order valence-corrected chi connectivity index (χ4v) is 3.06. The highest BCUT2D eigenvalue weighted by Gasteiger charge is 2.33. The van der Waals surface area contributed by atoms with E-state index in [1.165, 1.54) is 6.92 Å². The molecule has 5 unspecified atom stereocenters. The first-order chi connectivity index (χ1) is 14.9. The third kappa shape index (κ3) is 8.85. The van der Waals surface area contributed by atoms with E-state index in [0.717, 1.165) is 6.42 Å². The van der Waals surface area contributed by atoms with Gasteiger partial charge < -0.3 is 42.9 Å². The maximum atomic E-state index is 12.7. The quantitative estimate of drug-likeness (QED) is 0.133. The number of nitrogens with one attached hydrogen (secondary N) is 4. The minimum Gasteiger partial charge on any atom is -0.480 e. The third-order valence-electron chi connectivity index (χ3n) is 4.77. The molecule has 0 aromatic carbocycles. The van der Waals surface area contributed by atoms with Crippen LogP contribution in [0.15, 0.2) is 0 Å². The van der Waals surface area contributed by atoms with E-state index in [2.05, 4.69) is 21.3 Å². The Morgan fingerprint density at radius 3 is 2.09 bits per heavy atom. The molecule has 10 N–H and O–H groups in total. The molecule has 0 aliphatic carbocycles. The van der Waals surface area contributed by atoms with Crippen LogP contribution in [0.5, 0.6) is 0 Å². The molecule has 32 heavy (non-hydrogen) atoms. The highest BCUT2D eigenvalue weighted by Crippen LogP contribution is 2.07. The van der Waals surface area contributed by atoms with Gasteiger partial charge in [-0.15, -0.1) is 0 Å². The van der Waals surface area contributed by atoms with Gasteiger partial charge in [-0.25, -0.2) is 4.79 Å². The zero-order valence-electron chi connectivity index (χ0n) is 17.6. The Morgan fingerprint density at radius 1 is 1.00 bits per heavy atom. The summed E-state index contributed by atoms with van der Waals surface area (Å²) in [7, 11) is 0. The maximum absolute atomic E-state index is 12.7. The first-order valence-electron chi connectivity index (χ1n) is 10.0. The van der Waals surface area contributed by atoms with Crippen LogP contribution in [0.4, 0.5) is 0 Å². The fourth-order valence-electron chi connectivity index (χ4n) is 3.06. The largest absolute Gasteiger partial charge is 0.480 e. The maximum Gasteiger partial charge on any atom is 0.326 e. The zero-order chi connectivity index (χ0) is 24.4. The van der Waals surface area contributed by atoms with E-state index in [1.54, 1.807) is 0 Å². The number of hydrogen-bond acceptors (Lipinski definition) is 8. The Kier molecular flexibility index (Phi) is 10.5. The van der Waals surface area contributed by atoms with E-state index >= 15 is 0 Å². The fraction of sp³-hybridized carbons (Fsp3) is 0.667. The molecule has 0 spiro atoms. The summed E-state index contributed by atoms with van der Waals surface area (Å²) < 4.78 is 0. The van der Waals surface area contributed by atoms with E-state index in [1.807, 2.05) is 0 Å². The lowest BCUT2D eigenvalue weighted by atomic mass is 10.1. The molecule has 0 saturated carbocycles. The highest BCUT2D eigenvalue weighted by molar-refractivity contribution is 5.95. The lowest BCUT2D eigenvalue weighted by Gasteiger charge is -2.26. The predicted molar refractivity (Wildman–Crippen MR) is 108 cm³/mol. The van der Waals surface area contributed by atoms with Crippen molar-refractivity contribution in [1.82, 2.24) is 21.3 Å². The Morgan fingerprint density at radius 2 is 1.62 bits per heavy atom. The zero-order valence-corrected chi connectivity index (χ0v) is 17.6. The van der Waals surface area contributed by atoms with E-state index < -0.39 is 72.2 Å². The Balaban J connectivity index is 2.92. The first kappa shape index (κ1) is 26.8. The van der Waals surface area contributed by atoms with E-state index in [0.29, 0.717) is 13.0 Å². The molecule has 14 nitrogen and oxygen atoms in total. The summed E-state index contributed by atoms with van der Waals surface area (Å²) in [6.45, 7) is 1.90. The van der Waals surface area contributed by atoms with Gasteiger partial charge in [0, 0.05) is 6.42 Å². The number of hydrogen-bond donors (Lipinski definition) is 8. The lowest BCUT2D eigenvalue weighted by molar-refractivity contribution is -0.144. The van der Waals surface area contributed by atoms with Gasteiger partial charge in [0.05, 0.1) is 18.6 Å². The van der Waals surface area contributed by atoms with Crippen LogP contribution >= 0.6 is 0 Å². The molecule has 1 aliphatic heterocycles. The summed E-state index contributed by atoms with van der Waals surface area (Å²) in [5, 5.41) is 28.8. The number of amides is 5. The van der Waals surface area contributed by atoms with Crippen LogP contribution in [0.1, 0.15) is 39.0 Å². The summed E-state index contributed by atoms with van der Waals surface area (Å²) in [4.78, 5) is 71.0. The molecular formula is C18H30N6O8. The summed E-state index contributed by atoms with van der Waals surface area (Å²) in [5.41, 5.74) is 10.1. The smallest absolute Gasteiger partial charge is 0.326 e. The van der Waals surface area contributed by atoms with E-state index in [4.69, 9.17) is 16.6 Å². The van der Waals surface area contributed by atoms with E-state index in [9.17, 15) is 33.9 Å². The molecule has 0 bridgehead atoms. The Hall–Kier alpha value is -3.26. The van der Waals surface area contributed by atoms with Crippen LogP contribution in [0, 0.1) is 0 Å². The number of aliphatic hydroxyl groups is 1. The second-order valence-corrected chi connectivity index (χ2v) is 7.51. The minimum absolute atomic E-state index is 0.291. The molecule has 1 heterocycles. The van der Waals surface area contributed by atoms with Crippen LogP contribution in [0.3, 0.4) is 0 Å². The van der Waals surface area contributed by atoms with E-state index in [-0.39, 0.29) is 12.8 Å². The van der Waals surface area contributed by atoms with Crippen LogP contribution < -0.4 is 32.7 Å². The first-order valence-corrected chi connectivity index (χ1v) is 10.0.